The van der Waals surface area contributed by atoms with Crippen LogP contribution >= 0.6 is 0 Å². The average Bonchev–Trinajstić information content (AvgIpc) is 2.56. The Hall–Kier alpha value is -3.15. The minimum Gasteiger partial charge on any atom is -0.355 e. The fourth-order valence-corrected chi connectivity index (χ4v) is 2.19. The summed E-state index contributed by atoms with van der Waals surface area (Å²) in [5, 5.41) is 8.01. The van der Waals surface area contributed by atoms with Crippen molar-refractivity contribution in [1.82, 2.24) is 5.32 Å². The van der Waals surface area contributed by atoms with Gasteiger partial charge in [0.05, 0.1) is 0 Å². The molecular formula is C18H19N3O3. The van der Waals surface area contributed by atoms with Crippen LogP contribution in [-0.2, 0) is 4.79 Å². The molecule has 0 fully saturated rings. The highest BCUT2D eigenvalue weighted by Gasteiger charge is 2.10. The third kappa shape index (κ3) is 4.19. The van der Waals surface area contributed by atoms with Crippen molar-refractivity contribution in [2.24, 2.45) is 0 Å². The predicted octanol–water partition coefficient (Wildman–Crippen LogP) is 2.57. The Bertz CT molecular complexity index is 783. The van der Waals surface area contributed by atoms with Crippen LogP contribution in [0.1, 0.15) is 33.2 Å². The first-order chi connectivity index (χ1) is 11.4. The van der Waals surface area contributed by atoms with Crippen LogP contribution in [0.5, 0.6) is 0 Å². The van der Waals surface area contributed by atoms with Gasteiger partial charge in [-0.15, -0.1) is 0 Å². The molecule has 0 atom stereocenters. The fourth-order valence-electron chi connectivity index (χ4n) is 2.19. The standard InChI is InChI=1S/C18H19N3O3/c1-11-10-14(17(23)19-3)6-9-16(11)21-18(24)13-4-7-15(8-5-13)20-12(2)22/h4-10H,1-3H3,(H,19,23)(H,20,22)(H,21,24). The van der Waals surface area contributed by atoms with Crippen LogP contribution in [0.3, 0.4) is 0 Å². The maximum atomic E-state index is 12.3. The van der Waals surface area contributed by atoms with Crippen molar-refractivity contribution in [1.29, 1.82) is 0 Å². The SMILES string of the molecule is CNC(=O)c1ccc(NC(=O)c2ccc(NC(C)=O)cc2)c(C)c1. The summed E-state index contributed by atoms with van der Waals surface area (Å²) in [6, 6.07) is 11.7. The molecule has 0 unspecified atom stereocenters. The van der Waals surface area contributed by atoms with Gasteiger partial charge in [0.2, 0.25) is 5.91 Å². The Balaban J connectivity index is 2.11. The zero-order valence-corrected chi connectivity index (χ0v) is 13.8. The van der Waals surface area contributed by atoms with Crippen LogP contribution in [0.15, 0.2) is 42.5 Å². The summed E-state index contributed by atoms with van der Waals surface area (Å²) in [5.74, 6) is -0.608. The lowest BCUT2D eigenvalue weighted by atomic mass is 10.1. The fraction of sp³-hybridized carbons (Fsp3) is 0.167. The van der Waals surface area contributed by atoms with E-state index in [0.29, 0.717) is 22.5 Å². The van der Waals surface area contributed by atoms with Crippen LogP contribution in [0.4, 0.5) is 11.4 Å². The maximum Gasteiger partial charge on any atom is 0.255 e. The molecule has 24 heavy (non-hydrogen) atoms. The van der Waals surface area contributed by atoms with Gasteiger partial charge >= 0.3 is 0 Å². The number of rotatable bonds is 4. The molecule has 2 aromatic carbocycles. The maximum absolute atomic E-state index is 12.3. The number of anilines is 2. The van der Waals surface area contributed by atoms with Crippen molar-refractivity contribution in [2.45, 2.75) is 13.8 Å². The lowest BCUT2D eigenvalue weighted by molar-refractivity contribution is -0.114. The van der Waals surface area contributed by atoms with E-state index >= 15 is 0 Å². The molecule has 0 bridgehead atoms. The highest BCUT2D eigenvalue weighted by atomic mass is 16.2. The normalized spacial score (nSPS) is 9.96. The Kier molecular flexibility index (Phi) is 5.31. The first-order valence-electron chi connectivity index (χ1n) is 7.42. The molecule has 0 aliphatic rings. The Labute approximate surface area is 140 Å². The number of benzene rings is 2. The molecule has 6 nitrogen and oxygen atoms in total. The summed E-state index contributed by atoms with van der Waals surface area (Å²) >= 11 is 0. The lowest BCUT2D eigenvalue weighted by Gasteiger charge is -2.10. The van der Waals surface area contributed by atoms with Gasteiger partial charge in [-0.25, -0.2) is 0 Å². The Morgan fingerprint density at radius 3 is 2.00 bits per heavy atom. The van der Waals surface area contributed by atoms with Crippen LogP contribution in [0, 0.1) is 6.92 Å². The van der Waals surface area contributed by atoms with E-state index in [9.17, 15) is 14.4 Å². The molecule has 6 heteroatoms. The van der Waals surface area contributed by atoms with Gasteiger partial charge in [-0.05, 0) is 55.0 Å². The molecule has 0 heterocycles. The third-order valence-electron chi connectivity index (χ3n) is 3.43. The van der Waals surface area contributed by atoms with E-state index in [1.165, 1.54) is 6.92 Å². The zero-order valence-electron chi connectivity index (χ0n) is 13.8. The molecule has 0 saturated carbocycles. The van der Waals surface area contributed by atoms with Crippen molar-refractivity contribution in [3.8, 4) is 0 Å². The molecule has 0 aromatic heterocycles. The van der Waals surface area contributed by atoms with E-state index in [1.54, 1.807) is 49.5 Å². The second kappa shape index (κ2) is 7.41. The van der Waals surface area contributed by atoms with E-state index in [1.807, 2.05) is 6.92 Å². The van der Waals surface area contributed by atoms with Gasteiger partial charge in [-0.2, -0.15) is 0 Å². The summed E-state index contributed by atoms with van der Waals surface area (Å²) in [6.07, 6.45) is 0. The van der Waals surface area contributed by atoms with Crippen molar-refractivity contribution >= 4 is 29.1 Å². The van der Waals surface area contributed by atoms with Crippen molar-refractivity contribution in [3.05, 3.63) is 59.2 Å². The van der Waals surface area contributed by atoms with E-state index in [4.69, 9.17) is 0 Å². The first-order valence-corrected chi connectivity index (χ1v) is 7.42. The minimum atomic E-state index is -0.264. The molecule has 2 aromatic rings. The summed E-state index contributed by atoms with van der Waals surface area (Å²) in [5.41, 5.74) is 3.06. The number of aryl methyl sites for hydroxylation is 1. The zero-order chi connectivity index (χ0) is 17.7. The second-order valence-corrected chi connectivity index (χ2v) is 5.32. The number of nitrogens with one attached hydrogen (secondary N) is 3. The molecule has 0 spiro atoms. The molecular weight excluding hydrogens is 306 g/mol. The van der Waals surface area contributed by atoms with Crippen LogP contribution < -0.4 is 16.0 Å². The highest BCUT2D eigenvalue weighted by Crippen LogP contribution is 2.18. The summed E-state index contributed by atoms with van der Waals surface area (Å²) in [6.45, 7) is 3.24. The van der Waals surface area contributed by atoms with Crippen LogP contribution in [0.2, 0.25) is 0 Å². The molecule has 124 valence electrons. The summed E-state index contributed by atoms with van der Waals surface area (Å²) in [7, 11) is 1.57. The van der Waals surface area contributed by atoms with Gasteiger partial charge in [0, 0.05) is 36.5 Å². The predicted molar refractivity (Wildman–Crippen MR) is 93.3 cm³/mol. The largest absolute Gasteiger partial charge is 0.355 e. The first kappa shape index (κ1) is 17.2. The van der Waals surface area contributed by atoms with Crippen molar-refractivity contribution in [2.75, 3.05) is 17.7 Å². The number of carbonyl (C=O) groups excluding carboxylic acids is 3. The summed E-state index contributed by atoms with van der Waals surface area (Å²) < 4.78 is 0. The van der Waals surface area contributed by atoms with Gasteiger partial charge in [0.25, 0.3) is 11.8 Å². The number of hydrogen-bond acceptors (Lipinski definition) is 3. The van der Waals surface area contributed by atoms with Gasteiger partial charge in [0.1, 0.15) is 0 Å². The number of carbonyl (C=O) groups is 3. The monoisotopic (exact) mass is 325 g/mol. The van der Waals surface area contributed by atoms with Crippen LogP contribution in [-0.4, -0.2) is 24.8 Å². The highest BCUT2D eigenvalue weighted by molar-refractivity contribution is 6.05. The molecule has 3 N–H and O–H groups in total. The topological polar surface area (TPSA) is 87.3 Å². The van der Waals surface area contributed by atoms with Gasteiger partial charge < -0.3 is 16.0 Å². The lowest BCUT2D eigenvalue weighted by Crippen LogP contribution is -2.18. The van der Waals surface area contributed by atoms with Crippen molar-refractivity contribution < 1.29 is 14.4 Å². The van der Waals surface area contributed by atoms with E-state index < -0.39 is 0 Å². The summed E-state index contributed by atoms with van der Waals surface area (Å²) in [4.78, 5) is 34.9. The van der Waals surface area contributed by atoms with Crippen molar-refractivity contribution in [3.63, 3.8) is 0 Å². The average molecular weight is 325 g/mol. The smallest absolute Gasteiger partial charge is 0.255 e. The molecule has 0 saturated heterocycles. The number of amides is 3. The van der Waals surface area contributed by atoms with Gasteiger partial charge in [0.15, 0.2) is 0 Å². The van der Waals surface area contributed by atoms with E-state index in [-0.39, 0.29) is 17.7 Å². The van der Waals surface area contributed by atoms with Crippen LogP contribution in [0.25, 0.3) is 0 Å². The molecule has 0 aliphatic heterocycles. The van der Waals surface area contributed by atoms with E-state index in [2.05, 4.69) is 16.0 Å². The molecule has 3 amide bonds. The minimum absolute atomic E-state index is 0.168. The molecule has 2 rings (SSSR count). The third-order valence-corrected chi connectivity index (χ3v) is 3.43. The number of hydrogen-bond donors (Lipinski definition) is 3. The molecule has 0 aliphatic carbocycles. The van der Waals surface area contributed by atoms with E-state index in [0.717, 1.165) is 5.56 Å². The quantitative estimate of drug-likeness (QED) is 0.807. The molecule has 0 radical (unpaired) electrons. The van der Waals surface area contributed by atoms with Gasteiger partial charge in [-0.1, -0.05) is 0 Å². The Morgan fingerprint density at radius 1 is 0.833 bits per heavy atom. The van der Waals surface area contributed by atoms with Gasteiger partial charge in [-0.3, -0.25) is 14.4 Å². The second-order valence-electron chi connectivity index (χ2n) is 5.32. The Morgan fingerprint density at radius 2 is 1.46 bits per heavy atom.